The summed E-state index contributed by atoms with van der Waals surface area (Å²) in [4.78, 5) is 23.0. The molecule has 176 valence electrons. The van der Waals surface area contributed by atoms with Crippen molar-refractivity contribution in [2.75, 3.05) is 7.11 Å². The normalized spacial score (nSPS) is 10.9. The number of nitro groups is 1. The number of nitrogens with zero attached hydrogens (tertiary/aromatic N) is 3. The number of nitro benzene ring substituents is 1. The highest BCUT2D eigenvalue weighted by Gasteiger charge is 2.14. The zero-order valence-electron chi connectivity index (χ0n) is 19.0. The van der Waals surface area contributed by atoms with Crippen molar-refractivity contribution in [1.29, 1.82) is 0 Å². The Labute approximate surface area is 202 Å². The molecule has 0 aliphatic rings. The fraction of sp³-hybridized carbons (Fsp3) is 0.111. The number of rotatable bonds is 9. The van der Waals surface area contributed by atoms with Crippen LogP contribution in [0.1, 0.15) is 16.7 Å². The van der Waals surface area contributed by atoms with E-state index in [0.717, 1.165) is 22.4 Å². The molecule has 0 aliphatic heterocycles. The predicted molar refractivity (Wildman–Crippen MR) is 132 cm³/mol. The summed E-state index contributed by atoms with van der Waals surface area (Å²) in [6, 6.07) is 23.8. The molecule has 1 heterocycles. The van der Waals surface area contributed by atoms with Crippen LogP contribution in [0.5, 0.6) is 5.75 Å². The van der Waals surface area contributed by atoms with Crippen LogP contribution < -0.4 is 4.74 Å². The van der Waals surface area contributed by atoms with Gasteiger partial charge in [0.2, 0.25) is 0 Å². The molecule has 0 N–H and O–H groups in total. The van der Waals surface area contributed by atoms with Gasteiger partial charge in [0, 0.05) is 41.1 Å². The van der Waals surface area contributed by atoms with Crippen LogP contribution in [0.2, 0.25) is 0 Å². The van der Waals surface area contributed by atoms with Gasteiger partial charge in [0.25, 0.3) is 5.69 Å². The summed E-state index contributed by atoms with van der Waals surface area (Å²) >= 11 is 0. The fourth-order valence-electron chi connectivity index (χ4n) is 3.58. The maximum Gasteiger partial charge on any atom is 0.331 e. The highest BCUT2D eigenvalue weighted by molar-refractivity contribution is 5.88. The number of carbonyl (C=O) groups is 1. The van der Waals surface area contributed by atoms with Gasteiger partial charge in [-0.1, -0.05) is 60.7 Å². The highest BCUT2D eigenvalue weighted by Crippen LogP contribution is 2.26. The third-order valence-corrected chi connectivity index (χ3v) is 5.27. The fourth-order valence-corrected chi connectivity index (χ4v) is 3.58. The Morgan fingerprint density at radius 3 is 2.46 bits per heavy atom. The Morgan fingerprint density at radius 1 is 1.06 bits per heavy atom. The van der Waals surface area contributed by atoms with Crippen molar-refractivity contribution in [2.24, 2.45) is 0 Å². The number of hydrogen-bond donors (Lipinski definition) is 0. The van der Waals surface area contributed by atoms with Gasteiger partial charge >= 0.3 is 5.97 Å². The van der Waals surface area contributed by atoms with Crippen molar-refractivity contribution >= 4 is 17.7 Å². The Morgan fingerprint density at radius 2 is 1.77 bits per heavy atom. The van der Waals surface area contributed by atoms with Gasteiger partial charge in [-0.15, -0.1) is 0 Å². The molecule has 0 fully saturated rings. The standard InChI is InChI=1S/C27H23N3O5/c1-34-25-14-13-24(30(32)33)16-23(25)19-35-26(31)15-12-22-18-29(17-20-8-4-2-5-9-20)28-27(22)21-10-6-3-7-11-21/h2-16,18H,17,19H2,1H3/b15-12+. The zero-order chi connectivity index (χ0) is 24.6. The van der Waals surface area contributed by atoms with Crippen LogP contribution in [0.3, 0.4) is 0 Å². The lowest BCUT2D eigenvalue weighted by Crippen LogP contribution is -2.03. The van der Waals surface area contributed by atoms with Crippen molar-refractivity contribution in [2.45, 2.75) is 13.2 Å². The molecule has 4 rings (SSSR count). The molecule has 0 amide bonds. The first-order valence-electron chi connectivity index (χ1n) is 10.9. The van der Waals surface area contributed by atoms with Gasteiger partial charge in [-0.2, -0.15) is 5.10 Å². The van der Waals surface area contributed by atoms with E-state index in [4.69, 9.17) is 14.6 Å². The van der Waals surface area contributed by atoms with Gasteiger partial charge in [0.05, 0.1) is 24.3 Å². The van der Waals surface area contributed by atoms with Gasteiger partial charge in [-0.3, -0.25) is 14.8 Å². The Hall–Kier alpha value is -4.72. The van der Waals surface area contributed by atoms with Crippen molar-refractivity contribution in [3.63, 3.8) is 0 Å². The van der Waals surface area contributed by atoms with Crippen LogP contribution in [-0.4, -0.2) is 27.8 Å². The smallest absolute Gasteiger partial charge is 0.331 e. The molecule has 0 saturated heterocycles. The summed E-state index contributed by atoms with van der Waals surface area (Å²) < 4.78 is 12.4. The van der Waals surface area contributed by atoms with Crippen LogP contribution in [-0.2, 0) is 22.7 Å². The van der Waals surface area contributed by atoms with E-state index < -0.39 is 10.9 Å². The molecule has 3 aromatic carbocycles. The van der Waals surface area contributed by atoms with Gasteiger partial charge in [0.15, 0.2) is 0 Å². The molecule has 1 aromatic heterocycles. The summed E-state index contributed by atoms with van der Waals surface area (Å²) in [5, 5.41) is 15.8. The number of aromatic nitrogens is 2. The minimum Gasteiger partial charge on any atom is -0.496 e. The molecule has 0 atom stereocenters. The zero-order valence-corrected chi connectivity index (χ0v) is 19.0. The molecule has 8 heteroatoms. The molecule has 0 spiro atoms. The monoisotopic (exact) mass is 469 g/mol. The summed E-state index contributed by atoms with van der Waals surface area (Å²) in [5.74, 6) is -0.186. The molecule has 0 radical (unpaired) electrons. The van der Waals surface area contributed by atoms with E-state index in [1.807, 2.05) is 71.5 Å². The van der Waals surface area contributed by atoms with Crippen LogP contribution in [0.4, 0.5) is 5.69 Å². The summed E-state index contributed by atoms with van der Waals surface area (Å²) in [7, 11) is 1.45. The first kappa shape index (κ1) is 23.4. The highest BCUT2D eigenvalue weighted by atomic mass is 16.6. The molecule has 4 aromatic rings. The Balaban J connectivity index is 1.52. The van der Waals surface area contributed by atoms with Crippen LogP contribution >= 0.6 is 0 Å². The van der Waals surface area contributed by atoms with E-state index in [1.165, 1.54) is 31.4 Å². The van der Waals surface area contributed by atoms with E-state index in [9.17, 15) is 14.9 Å². The summed E-state index contributed by atoms with van der Waals surface area (Å²) in [6.45, 7) is 0.429. The van der Waals surface area contributed by atoms with E-state index in [-0.39, 0.29) is 12.3 Å². The number of carbonyl (C=O) groups excluding carboxylic acids is 1. The van der Waals surface area contributed by atoms with E-state index in [0.29, 0.717) is 17.9 Å². The molecular formula is C27H23N3O5. The number of esters is 1. The maximum absolute atomic E-state index is 12.4. The first-order chi connectivity index (χ1) is 17.0. The lowest BCUT2D eigenvalue weighted by molar-refractivity contribution is -0.385. The van der Waals surface area contributed by atoms with Crippen molar-refractivity contribution in [3.8, 4) is 17.0 Å². The van der Waals surface area contributed by atoms with Gasteiger partial charge in [-0.05, 0) is 17.7 Å². The number of ether oxygens (including phenoxy) is 2. The lowest BCUT2D eigenvalue weighted by atomic mass is 10.1. The number of non-ortho nitro benzene ring substituents is 1. The second kappa shape index (κ2) is 10.9. The largest absolute Gasteiger partial charge is 0.496 e. The molecule has 0 saturated carbocycles. The minimum absolute atomic E-state index is 0.106. The van der Waals surface area contributed by atoms with Gasteiger partial charge < -0.3 is 9.47 Å². The summed E-state index contributed by atoms with van der Waals surface area (Å²) in [5.41, 5.74) is 3.84. The van der Waals surface area contributed by atoms with Crippen LogP contribution in [0.15, 0.2) is 91.1 Å². The molecular weight excluding hydrogens is 446 g/mol. The minimum atomic E-state index is -0.589. The van der Waals surface area contributed by atoms with E-state index >= 15 is 0 Å². The Bertz CT molecular complexity index is 1350. The van der Waals surface area contributed by atoms with E-state index in [1.54, 1.807) is 6.08 Å². The third-order valence-electron chi connectivity index (χ3n) is 5.27. The summed E-state index contributed by atoms with van der Waals surface area (Å²) in [6.07, 6.45) is 4.85. The quantitative estimate of drug-likeness (QED) is 0.143. The number of hydrogen-bond acceptors (Lipinski definition) is 6. The lowest BCUT2D eigenvalue weighted by Gasteiger charge is -2.08. The van der Waals surface area contributed by atoms with Crippen LogP contribution in [0.25, 0.3) is 17.3 Å². The second-order valence-electron chi connectivity index (χ2n) is 7.68. The van der Waals surface area contributed by atoms with Crippen LogP contribution in [0, 0.1) is 10.1 Å². The average Bonchev–Trinajstić information content (AvgIpc) is 3.29. The SMILES string of the molecule is COc1ccc([N+](=O)[O-])cc1COC(=O)/C=C/c1cn(Cc2ccccc2)nc1-c1ccccc1. The molecule has 0 unspecified atom stereocenters. The van der Waals surface area contributed by atoms with Crippen molar-refractivity contribution in [1.82, 2.24) is 9.78 Å². The maximum atomic E-state index is 12.4. The molecule has 8 nitrogen and oxygen atoms in total. The van der Waals surface area contributed by atoms with E-state index in [2.05, 4.69) is 0 Å². The number of benzene rings is 3. The Kier molecular flexibility index (Phi) is 7.32. The topological polar surface area (TPSA) is 96.5 Å². The average molecular weight is 469 g/mol. The molecule has 0 bridgehead atoms. The van der Waals surface area contributed by atoms with Gasteiger partial charge in [0.1, 0.15) is 12.4 Å². The predicted octanol–water partition coefficient (Wildman–Crippen LogP) is 5.27. The molecule has 35 heavy (non-hydrogen) atoms. The first-order valence-corrected chi connectivity index (χ1v) is 10.9. The second-order valence-corrected chi connectivity index (χ2v) is 7.68. The molecule has 0 aliphatic carbocycles. The number of methoxy groups -OCH3 is 1. The van der Waals surface area contributed by atoms with Crippen molar-refractivity contribution in [3.05, 3.63) is 118 Å². The van der Waals surface area contributed by atoms with Gasteiger partial charge in [-0.25, -0.2) is 4.79 Å². The van der Waals surface area contributed by atoms with Crippen molar-refractivity contribution < 1.29 is 19.2 Å². The third kappa shape index (κ3) is 6.00.